The smallest absolute Gasteiger partial charge is 0.318 e. The zero-order valence-electron chi connectivity index (χ0n) is 13.3. The molecule has 1 aromatic carbocycles. The first-order valence-electron chi connectivity index (χ1n) is 7.88. The van der Waals surface area contributed by atoms with Gasteiger partial charge in [-0.25, -0.2) is 4.79 Å². The summed E-state index contributed by atoms with van der Waals surface area (Å²) in [7, 11) is 0. The van der Waals surface area contributed by atoms with Crippen LogP contribution in [0.2, 0.25) is 0 Å². The summed E-state index contributed by atoms with van der Waals surface area (Å²) in [4.78, 5) is 27.9. The molecule has 2 bridgehead atoms. The number of rotatable bonds is 2. The third-order valence-corrected chi connectivity index (χ3v) is 4.64. The number of hydrogen-bond acceptors (Lipinski definition) is 2. The Balaban J connectivity index is 1.82. The van der Waals surface area contributed by atoms with Crippen LogP contribution < -0.4 is 5.32 Å². The van der Waals surface area contributed by atoms with Gasteiger partial charge in [-0.2, -0.15) is 0 Å². The topological polar surface area (TPSA) is 52.7 Å². The van der Waals surface area contributed by atoms with E-state index in [2.05, 4.69) is 17.4 Å². The molecule has 22 heavy (non-hydrogen) atoms. The molecule has 1 aromatic rings. The Bertz CT molecular complexity index is 559. The third kappa shape index (κ3) is 2.45. The van der Waals surface area contributed by atoms with Gasteiger partial charge in [-0.15, -0.1) is 0 Å². The third-order valence-electron chi connectivity index (χ3n) is 4.64. The molecule has 2 atom stereocenters. The van der Waals surface area contributed by atoms with Gasteiger partial charge in [0.25, 0.3) is 0 Å². The summed E-state index contributed by atoms with van der Waals surface area (Å²) in [6.07, 6.45) is 0. The van der Waals surface area contributed by atoms with Crippen LogP contribution in [0, 0.1) is 0 Å². The fourth-order valence-electron chi connectivity index (χ4n) is 3.68. The molecular weight excluding hydrogens is 278 g/mol. The van der Waals surface area contributed by atoms with Crippen molar-refractivity contribution in [3.63, 3.8) is 0 Å². The summed E-state index contributed by atoms with van der Waals surface area (Å²) in [6.45, 7) is 6.77. The van der Waals surface area contributed by atoms with Gasteiger partial charge in [-0.1, -0.05) is 30.3 Å². The second kappa shape index (κ2) is 5.63. The highest BCUT2D eigenvalue weighted by Crippen LogP contribution is 2.44. The predicted molar refractivity (Wildman–Crippen MR) is 84.5 cm³/mol. The normalized spacial score (nSPS) is 26.6. The number of urea groups is 1. The first-order chi connectivity index (χ1) is 10.5. The van der Waals surface area contributed by atoms with Crippen LogP contribution in [0.1, 0.15) is 32.3 Å². The molecule has 3 saturated heterocycles. The number of fused-ring (bicyclic) bond motifs is 2. The molecule has 0 radical (unpaired) electrons. The summed E-state index contributed by atoms with van der Waals surface area (Å²) >= 11 is 0. The van der Waals surface area contributed by atoms with Crippen molar-refractivity contribution >= 4 is 11.9 Å². The van der Waals surface area contributed by atoms with E-state index >= 15 is 0 Å². The molecule has 3 amide bonds. The lowest BCUT2D eigenvalue weighted by Gasteiger charge is -2.61. The predicted octanol–water partition coefficient (Wildman–Crippen LogP) is 1.80. The monoisotopic (exact) mass is 301 g/mol. The number of piperazine rings is 1. The number of benzene rings is 1. The SMILES string of the molecule is CC(=O)N1C[C@@H]2C(c3ccccc3)[C@@H](C1)N2C(=O)NC(C)C. The molecule has 0 spiro atoms. The summed E-state index contributed by atoms with van der Waals surface area (Å²) < 4.78 is 0. The average Bonchev–Trinajstić information content (AvgIpc) is 2.47. The molecule has 3 heterocycles. The molecule has 0 aromatic heterocycles. The maximum Gasteiger partial charge on any atom is 0.318 e. The van der Waals surface area contributed by atoms with Crippen molar-refractivity contribution in [2.24, 2.45) is 0 Å². The summed E-state index contributed by atoms with van der Waals surface area (Å²) in [5, 5.41) is 2.97. The molecule has 5 nitrogen and oxygen atoms in total. The maximum absolute atomic E-state index is 12.4. The van der Waals surface area contributed by atoms with Crippen LogP contribution in [0.4, 0.5) is 4.79 Å². The van der Waals surface area contributed by atoms with Gasteiger partial charge in [0.15, 0.2) is 0 Å². The van der Waals surface area contributed by atoms with Crippen molar-refractivity contribution in [2.45, 2.75) is 44.8 Å². The van der Waals surface area contributed by atoms with Crippen LogP contribution >= 0.6 is 0 Å². The van der Waals surface area contributed by atoms with E-state index in [1.165, 1.54) is 5.56 Å². The number of nitrogens with one attached hydrogen (secondary N) is 1. The minimum absolute atomic E-state index is 0.0135. The van der Waals surface area contributed by atoms with Gasteiger partial charge in [0.1, 0.15) is 0 Å². The molecule has 0 saturated carbocycles. The maximum atomic E-state index is 12.4. The van der Waals surface area contributed by atoms with Crippen LogP contribution in [0.5, 0.6) is 0 Å². The summed E-state index contributed by atoms with van der Waals surface area (Å²) in [5.74, 6) is 0.417. The lowest BCUT2D eigenvalue weighted by molar-refractivity contribution is -0.140. The Kier molecular flexibility index (Phi) is 3.81. The van der Waals surface area contributed by atoms with Crippen LogP contribution in [-0.2, 0) is 4.79 Å². The largest absolute Gasteiger partial charge is 0.339 e. The Morgan fingerprint density at radius 2 is 1.73 bits per heavy atom. The average molecular weight is 301 g/mol. The minimum Gasteiger partial charge on any atom is -0.339 e. The first kappa shape index (κ1) is 14.9. The first-order valence-corrected chi connectivity index (χ1v) is 7.88. The quantitative estimate of drug-likeness (QED) is 0.905. The number of nitrogens with zero attached hydrogens (tertiary/aromatic N) is 2. The lowest BCUT2D eigenvalue weighted by Crippen LogP contribution is -2.76. The molecule has 0 unspecified atom stereocenters. The zero-order chi connectivity index (χ0) is 15.9. The lowest BCUT2D eigenvalue weighted by atomic mass is 9.72. The number of carbonyl (C=O) groups excluding carboxylic acids is 2. The van der Waals surface area contributed by atoms with E-state index in [-0.39, 0.29) is 30.1 Å². The highest BCUT2D eigenvalue weighted by molar-refractivity contribution is 5.79. The molecular formula is C17H23N3O2. The summed E-state index contributed by atoms with van der Waals surface area (Å²) in [5.41, 5.74) is 1.26. The molecule has 118 valence electrons. The van der Waals surface area contributed by atoms with Gasteiger partial charge in [-0.3, -0.25) is 4.79 Å². The Labute approximate surface area is 131 Å². The zero-order valence-corrected chi connectivity index (χ0v) is 13.3. The molecule has 3 aliphatic heterocycles. The fourth-order valence-corrected chi connectivity index (χ4v) is 3.68. The van der Waals surface area contributed by atoms with Crippen molar-refractivity contribution in [3.8, 4) is 0 Å². The van der Waals surface area contributed by atoms with E-state index in [4.69, 9.17) is 0 Å². The van der Waals surface area contributed by atoms with Crippen LogP contribution in [0.25, 0.3) is 0 Å². The van der Waals surface area contributed by atoms with Gasteiger partial charge < -0.3 is 15.1 Å². The molecule has 4 rings (SSSR count). The van der Waals surface area contributed by atoms with Gasteiger partial charge >= 0.3 is 6.03 Å². The standard InChI is InChI=1S/C17H23N3O2/c1-11(2)18-17(22)20-14-9-19(12(3)21)10-15(20)16(14)13-7-5-4-6-8-13/h4-8,11,14-16H,9-10H2,1-3H3,(H,18,22)/t14-,15-/m1/s1. The number of carbonyl (C=O) groups is 2. The molecule has 3 fully saturated rings. The molecule has 0 aliphatic carbocycles. The van der Waals surface area contributed by atoms with Crippen LogP contribution in [-0.4, -0.2) is 53.0 Å². The molecule has 1 N–H and O–H groups in total. The van der Waals surface area contributed by atoms with E-state index in [9.17, 15) is 9.59 Å². The van der Waals surface area contributed by atoms with Crippen molar-refractivity contribution in [3.05, 3.63) is 35.9 Å². The second-order valence-corrected chi connectivity index (χ2v) is 6.51. The Morgan fingerprint density at radius 3 is 2.23 bits per heavy atom. The van der Waals surface area contributed by atoms with Gasteiger partial charge in [0.2, 0.25) is 5.91 Å². The van der Waals surface area contributed by atoms with E-state index < -0.39 is 0 Å². The van der Waals surface area contributed by atoms with Gasteiger partial charge in [-0.05, 0) is 19.4 Å². The van der Waals surface area contributed by atoms with E-state index in [1.54, 1.807) is 6.92 Å². The van der Waals surface area contributed by atoms with E-state index in [0.717, 1.165) is 0 Å². The van der Waals surface area contributed by atoms with Gasteiger partial charge in [0.05, 0.1) is 12.1 Å². The summed E-state index contributed by atoms with van der Waals surface area (Å²) in [6, 6.07) is 10.6. The van der Waals surface area contributed by atoms with E-state index in [0.29, 0.717) is 19.0 Å². The van der Waals surface area contributed by atoms with Crippen molar-refractivity contribution in [1.29, 1.82) is 0 Å². The van der Waals surface area contributed by atoms with Crippen molar-refractivity contribution < 1.29 is 9.59 Å². The van der Waals surface area contributed by atoms with Gasteiger partial charge in [0, 0.05) is 32.0 Å². The number of piperidine rings is 1. The van der Waals surface area contributed by atoms with Crippen molar-refractivity contribution in [2.75, 3.05) is 13.1 Å². The fraction of sp³-hybridized carbons (Fsp3) is 0.529. The number of amides is 3. The highest BCUT2D eigenvalue weighted by Gasteiger charge is 2.56. The van der Waals surface area contributed by atoms with Crippen molar-refractivity contribution in [1.82, 2.24) is 15.1 Å². The Morgan fingerprint density at radius 1 is 1.14 bits per heavy atom. The van der Waals surface area contributed by atoms with Crippen LogP contribution in [0.15, 0.2) is 30.3 Å². The molecule has 3 aliphatic rings. The second-order valence-electron chi connectivity index (χ2n) is 6.51. The highest BCUT2D eigenvalue weighted by atomic mass is 16.2. The van der Waals surface area contributed by atoms with E-state index in [1.807, 2.05) is 41.8 Å². The van der Waals surface area contributed by atoms with Crippen LogP contribution in [0.3, 0.4) is 0 Å². The molecule has 5 heteroatoms. The Hall–Kier alpha value is -2.04. The number of hydrogen-bond donors (Lipinski definition) is 1. The minimum atomic E-state index is -0.0135.